The van der Waals surface area contributed by atoms with Crippen LogP contribution in [0.2, 0.25) is 0 Å². The number of allylic oxidation sites excluding steroid dienone is 2. The first-order valence-electron chi connectivity index (χ1n) is 8.15. The molecule has 0 fully saturated rings. The quantitative estimate of drug-likeness (QED) is 0.240. The fourth-order valence-corrected chi connectivity index (χ4v) is 2.66. The van der Waals surface area contributed by atoms with Gasteiger partial charge in [0.05, 0.1) is 4.90 Å². The van der Waals surface area contributed by atoms with Gasteiger partial charge in [-0.1, -0.05) is 12.1 Å². The number of benzene rings is 1. The number of ether oxygens (including phenoxy) is 1. The molecule has 0 aliphatic heterocycles. The van der Waals surface area contributed by atoms with Gasteiger partial charge in [0.2, 0.25) is 11.7 Å². The maximum absolute atomic E-state index is 13.8. The van der Waals surface area contributed by atoms with Gasteiger partial charge in [-0.15, -0.1) is 0 Å². The monoisotopic (exact) mass is 626 g/mol. The molecule has 0 N–H and O–H groups in total. The van der Waals surface area contributed by atoms with E-state index in [0.29, 0.717) is 12.1 Å². The first-order chi connectivity index (χ1) is 16.0. The van der Waals surface area contributed by atoms with Crippen LogP contribution in [-0.4, -0.2) is 54.9 Å². The summed E-state index contributed by atoms with van der Waals surface area (Å²) in [5, 5.41) is 0. The Hall–Kier alpha value is -1.52. The number of hydrogen-bond donors (Lipinski definition) is 0. The van der Waals surface area contributed by atoms with Crippen molar-refractivity contribution in [1.82, 2.24) is 0 Å². The molecule has 23 heteroatoms. The van der Waals surface area contributed by atoms with E-state index in [-0.39, 0.29) is 41.7 Å². The van der Waals surface area contributed by atoms with E-state index >= 15 is 0 Å². The summed E-state index contributed by atoms with van der Waals surface area (Å²) in [7, 11) is -5.95. The molecule has 0 radical (unpaired) electrons. The third-order valence-corrected chi connectivity index (χ3v) is 4.88. The summed E-state index contributed by atoms with van der Waals surface area (Å²) in [5.41, 5.74) is 0. The average molecular weight is 626 g/mol. The topological polar surface area (TPSA) is 66.4 Å². The fraction of sp³-hybridized carbons (Fsp3) is 0.467. The summed E-state index contributed by atoms with van der Waals surface area (Å²) >= 11 is 0. The maximum atomic E-state index is 13.8. The molecule has 0 atom stereocenters. The Morgan fingerprint density at radius 2 is 1.05 bits per heavy atom. The van der Waals surface area contributed by atoms with Gasteiger partial charge in [0.15, 0.2) is 0 Å². The minimum Gasteiger partial charge on any atom is -0.744 e. The predicted octanol–water partition coefficient (Wildman–Crippen LogP) is 3.46. The number of hydrogen-bond acceptors (Lipinski definition) is 4. The first kappa shape index (κ1) is 36.5. The van der Waals surface area contributed by atoms with E-state index in [0.717, 1.165) is 0 Å². The summed E-state index contributed by atoms with van der Waals surface area (Å²) < 4.78 is 260. The fourth-order valence-electron chi connectivity index (χ4n) is 2.06. The zero-order chi connectivity index (χ0) is 29.8. The molecule has 0 aromatic heterocycles. The Balaban J connectivity index is 0.0000137. The summed E-state index contributed by atoms with van der Waals surface area (Å²) in [6, 6.07) is 0.827. The second-order valence-electron chi connectivity index (χ2n) is 6.52. The van der Waals surface area contributed by atoms with Crippen molar-refractivity contribution in [3.05, 3.63) is 35.9 Å². The average Bonchev–Trinajstić information content (AvgIpc) is 2.70. The van der Waals surface area contributed by atoms with Gasteiger partial charge in [-0.25, -0.2) is 17.2 Å². The Labute approximate surface area is 220 Å². The molecule has 0 amide bonds. The second-order valence-corrected chi connectivity index (χ2v) is 7.87. The zero-order valence-corrected chi connectivity index (χ0v) is 20.1. The molecule has 1 aromatic rings. The van der Waals surface area contributed by atoms with Crippen LogP contribution in [0.3, 0.4) is 0 Å². The van der Waals surface area contributed by atoms with E-state index in [9.17, 15) is 87.6 Å². The van der Waals surface area contributed by atoms with E-state index in [1.807, 2.05) is 0 Å². The summed E-state index contributed by atoms with van der Waals surface area (Å²) in [6.45, 7) is 0. The molecule has 38 heavy (non-hydrogen) atoms. The maximum Gasteiger partial charge on any atom is 1.00 e. The van der Waals surface area contributed by atoms with Crippen molar-refractivity contribution >= 4 is 10.1 Å². The smallest absolute Gasteiger partial charge is 0.744 e. The SMILES string of the molecule is O=S(=O)([O-])c1ccccc1OC(F)(F)C(F)(F)C(F)(F)C(F)(F)C(F)(F)/C(F)=C(\F)C(F)(F)C(F)(F)F.[Na+]. The van der Waals surface area contributed by atoms with Crippen LogP contribution in [0.1, 0.15) is 0 Å². The minimum atomic E-state index is -8.43. The normalized spacial score (nSPS) is 15.5. The van der Waals surface area contributed by atoms with Gasteiger partial charge in [0, 0.05) is 0 Å². The molecule has 1 rings (SSSR count). The van der Waals surface area contributed by atoms with Gasteiger partial charge in [0.25, 0.3) is 0 Å². The van der Waals surface area contributed by atoms with Gasteiger partial charge >= 0.3 is 71.5 Å². The molecule has 4 nitrogen and oxygen atoms in total. The van der Waals surface area contributed by atoms with Crippen LogP contribution in [0.5, 0.6) is 5.75 Å². The third kappa shape index (κ3) is 5.82. The number of rotatable bonds is 9. The van der Waals surface area contributed by atoms with Crippen LogP contribution in [0, 0.1) is 0 Å². The number of halogens is 17. The standard InChI is InChI=1S/C15H5F17O4S.Na/c16-7(8(17)10(20,21)14(28,29)30)9(18,19)11(22,23)12(24,25)13(26,27)15(31,32)36-5-3-1-2-4-6(5)37(33,34)35;/h1-4H,(H,33,34,35);/q;+1/p-1/b8-7+;. The minimum absolute atomic E-state index is 0. The Kier molecular flexibility index (Phi) is 10.0. The summed E-state index contributed by atoms with van der Waals surface area (Å²) in [5.74, 6) is -53.2. The van der Waals surface area contributed by atoms with E-state index in [4.69, 9.17) is 0 Å². The van der Waals surface area contributed by atoms with Gasteiger partial charge in [-0.2, -0.15) is 65.9 Å². The van der Waals surface area contributed by atoms with Crippen molar-refractivity contribution in [2.24, 2.45) is 0 Å². The van der Waals surface area contributed by atoms with Crippen molar-refractivity contribution in [1.29, 1.82) is 0 Å². The largest absolute Gasteiger partial charge is 1.00 e. The molecular formula is C15H4F17NaO4S. The molecule has 0 saturated heterocycles. The second kappa shape index (κ2) is 10.5. The number of alkyl halides is 15. The molecule has 0 aliphatic carbocycles. The third-order valence-electron chi connectivity index (χ3n) is 4.01. The summed E-state index contributed by atoms with van der Waals surface area (Å²) in [4.78, 5) is -2.02. The molecule has 0 saturated carbocycles. The summed E-state index contributed by atoms with van der Waals surface area (Å²) in [6.07, 6.45) is -14.6. The van der Waals surface area contributed by atoms with Gasteiger partial charge in [0.1, 0.15) is 15.9 Å². The van der Waals surface area contributed by atoms with Crippen LogP contribution in [0.15, 0.2) is 40.8 Å². The van der Waals surface area contributed by atoms with E-state index in [2.05, 4.69) is 4.74 Å². The molecule has 0 aliphatic rings. The van der Waals surface area contributed by atoms with Crippen LogP contribution < -0.4 is 34.3 Å². The zero-order valence-electron chi connectivity index (χ0n) is 17.3. The molecular weight excluding hydrogens is 622 g/mol. The molecule has 0 heterocycles. The molecule has 0 unspecified atom stereocenters. The van der Waals surface area contributed by atoms with Crippen LogP contribution >= 0.6 is 0 Å². The Morgan fingerprint density at radius 3 is 1.45 bits per heavy atom. The molecule has 214 valence electrons. The molecule has 0 spiro atoms. The van der Waals surface area contributed by atoms with Gasteiger partial charge in [-0.05, 0) is 12.1 Å². The van der Waals surface area contributed by atoms with E-state index in [1.165, 1.54) is 0 Å². The number of para-hydroxylation sites is 1. The van der Waals surface area contributed by atoms with Crippen LogP contribution in [-0.2, 0) is 10.1 Å². The van der Waals surface area contributed by atoms with Crippen molar-refractivity contribution in [2.45, 2.75) is 46.8 Å². The molecule has 0 bridgehead atoms. The predicted molar refractivity (Wildman–Crippen MR) is 80.0 cm³/mol. The van der Waals surface area contributed by atoms with Crippen LogP contribution in [0.25, 0.3) is 0 Å². The molecule has 1 aromatic carbocycles. The van der Waals surface area contributed by atoms with Crippen molar-refractivity contribution in [2.75, 3.05) is 0 Å². The Bertz CT molecular complexity index is 1160. The van der Waals surface area contributed by atoms with Crippen molar-refractivity contribution in [3.8, 4) is 5.75 Å². The van der Waals surface area contributed by atoms with E-state index < -0.39 is 74.3 Å². The van der Waals surface area contributed by atoms with Gasteiger partial charge in [-0.3, -0.25) is 0 Å². The van der Waals surface area contributed by atoms with Crippen molar-refractivity contribution in [3.63, 3.8) is 0 Å². The van der Waals surface area contributed by atoms with Gasteiger partial charge < -0.3 is 9.29 Å². The van der Waals surface area contributed by atoms with E-state index in [1.54, 1.807) is 0 Å². The van der Waals surface area contributed by atoms with Crippen LogP contribution in [0.4, 0.5) is 74.6 Å². The Morgan fingerprint density at radius 1 is 0.658 bits per heavy atom. The van der Waals surface area contributed by atoms with Crippen molar-refractivity contribution < 1.29 is 122 Å². The first-order valence-corrected chi connectivity index (χ1v) is 9.56.